The van der Waals surface area contributed by atoms with Gasteiger partial charge in [-0.3, -0.25) is 0 Å². The Labute approximate surface area is 147 Å². The van der Waals surface area contributed by atoms with Gasteiger partial charge in [-0.1, -0.05) is 38.5 Å². The quantitative estimate of drug-likeness (QED) is 0.593. The van der Waals surface area contributed by atoms with E-state index in [4.69, 9.17) is 4.43 Å². The van der Waals surface area contributed by atoms with E-state index in [1.54, 1.807) is 6.08 Å². The lowest BCUT2D eigenvalue weighted by Crippen LogP contribution is -2.53. The highest BCUT2D eigenvalue weighted by Gasteiger charge is 2.65. The Kier molecular flexibility index (Phi) is 4.24. The molecule has 0 radical (unpaired) electrons. The summed E-state index contributed by atoms with van der Waals surface area (Å²) in [6.07, 6.45) is 7.78. The normalized spacial score (nSPS) is 42.5. The minimum atomic E-state index is -1.93. The first-order valence-electron chi connectivity index (χ1n) is 9.41. The van der Waals surface area contributed by atoms with Crippen molar-refractivity contribution in [1.82, 2.24) is 0 Å². The van der Waals surface area contributed by atoms with Crippen LogP contribution >= 0.6 is 0 Å². The van der Waals surface area contributed by atoms with Crippen LogP contribution in [0.1, 0.15) is 52.9 Å². The Morgan fingerprint density at radius 1 is 1.29 bits per heavy atom. The first-order valence-corrected chi connectivity index (χ1v) is 12.3. The molecule has 0 unspecified atom stereocenters. The van der Waals surface area contributed by atoms with Gasteiger partial charge in [0.05, 0.1) is 17.8 Å². The maximum atomic E-state index is 11.4. The van der Waals surface area contributed by atoms with E-state index in [9.17, 15) is 10.2 Å². The third-order valence-corrected chi connectivity index (χ3v) is 11.9. The fraction of sp³-hybridized carbons (Fsp3) is 0.800. The summed E-state index contributed by atoms with van der Waals surface area (Å²) in [5.41, 5.74) is -0.0458. The van der Waals surface area contributed by atoms with Crippen molar-refractivity contribution in [2.75, 3.05) is 0 Å². The van der Waals surface area contributed by atoms with Crippen LogP contribution in [0.5, 0.6) is 0 Å². The summed E-state index contributed by atoms with van der Waals surface area (Å²) >= 11 is 0. The molecule has 3 aliphatic carbocycles. The summed E-state index contributed by atoms with van der Waals surface area (Å²) in [4.78, 5) is 0. The molecule has 0 heterocycles. The second-order valence-corrected chi connectivity index (χ2v) is 14.4. The minimum absolute atomic E-state index is 0.0305. The number of aliphatic hydroxyl groups excluding tert-OH is 1. The van der Waals surface area contributed by atoms with Crippen LogP contribution in [-0.4, -0.2) is 36.3 Å². The van der Waals surface area contributed by atoms with E-state index in [0.29, 0.717) is 12.3 Å². The van der Waals surface area contributed by atoms with Gasteiger partial charge < -0.3 is 14.6 Å². The molecule has 2 saturated carbocycles. The van der Waals surface area contributed by atoms with Gasteiger partial charge in [0.2, 0.25) is 0 Å². The first kappa shape index (κ1) is 18.4. The zero-order valence-corrected chi connectivity index (χ0v) is 16.9. The van der Waals surface area contributed by atoms with Gasteiger partial charge in [0.15, 0.2) is 8.32 Å². The molecule has 0 aromatic rings. The lowest BCUT2D eigenvalue weighted by atomic mass is 9.68. The lowest BCUT2D eigenvalue weighted by molar-refractivity contribution is -0.0387. The summed E-state index contributed by atoms with van der Waals surface area (Å²) in [5, 5.41) is 21.7. The third-order valence-electron chi connectivity index (χ3n) is 7.43. The summed E-state index contributed by atoms with van der Waals surface area (Å²) in [6.45, 7) is 15.3. The second-order valence-electron chi connectivity index (χ2n) is 9.67. The minimum Gasteiger partial charge on any atom is -0.413 e. The molecule has 0 aliphatic heterocycles. The molecular weight excluding hydrogens is 316 g/mol. The Morgan fingerprint density at radius 2 is 1.96 bits per heavy atom. The average Bonchev–Trinajstić information content (AvgIpc) is 3.07. The van der Waals surface area contributed by atoms with Gasteiger partial charge in [0.1, 0.15) is 0 Å². The van der Waals surface area contributed by atoms with E-state index in [2.05, 4.69) is 40.4 Å². The van der Waals surface area contributed by atoms with Gasteiger partial charge in [-0.15, -0.1) is 6.58 Å². The molecule has 5 atom stereocenters. The van der Waals surface area contributed by atoms with Crippen molar-refractivity contribution in [2.45, 2.75) is 88.8 Å². The van der Waals surface area contributed by atoms with Crippen LogP contribution in [0, 0.1) is 11.3 Å². The van der Waals surface area contributed by atoms with Crippen LogP contribution in [0.4, 0.5) is 0 Å². The average molecular weight is 351 g/mol. The molecule has 2 N–H and O–H groups in total. The van der Waals surface area contributed by atoms with Crippen molar-refractivity contribution < 1.29 is 14.6 Å². The molecule has 136 valence electrons. The highest BCUT2D eigenvalue weighted by atomic mass is 28.4. The molecule has 3 rings (SSSR count). The van der Waals surface area contributed by atoms with Gasteiger partial charge in [-0.2, -0.15) is 0 Å². The van der Waals surface area contributed by atoms with Gasteiger partial charge in [-0.25, -0.2) is 0 Å². The Bertz CT molecular complexity index is 562. The smallest absolute Gasteiger partial charge is 0.192 e. The highest BCUT2D eigenvalue weighted by molar-refractivity contribution is 6.74. The van der Waals surface area contributed by atoms with Crippen LogP contribution < -0.4 is 0 Å². The standard InChI is InChI=1S/C20H34O3Si/c1-7-19(22)10-9-17(23-24(5,6)18(2,3)4)20(19)11-8-14-12-15(21)13-16(14)20/h7,13-15,17,21-22H,1,8-12H2,2-6H3/t14-,15+,17+,19-,20-/m0/s1. The van der Waals surface area contributed by atoms with Crippen molar-refractivity contribution in [3.63, 3.8) is 0 Å². The monoisotopic (exact) mass is 350 g/mol. The molecule has 0 saturated heterocycles. The highest BCUT2D eigenvalue weighted by Crippen LogP contribution is 2.65. The molecule has 4 heteroatoms. The molecule has 0 bridgehead atoms. The van der Waals surface area contributed by atoms with Crippen molar-refractivity contribution in [1.29, 1.82) is 0 Å². The SMILES string of the molecule is C=C[C@]1(O)CC[C@@H](O[Si](C)(C)C(C)(C)C)[C@@]12CC[C@H]1C[C@@H](O)C=C12. The summed E-state index contributed by atoms with van der Waals surface area (Å²) in [6, 6.07) is 0. The van der Waals surface area contributed by atoms with E-state index in [1.807, 2.05) is 6.08 Å². The zero-order chi connectivity index (χ0) is 18.0. The van der Waals surface area contributed by atoms with Crippen molar-refractivity contribution in [3.05, 3.63) is 24.3 Å². The van der Waals surface area contributed by atoms with Gasteiger partial charge in [-0.05, 0) is 56.2 Å². The number of fused-ring (bicyclic) bond motifs is 2. The summed E-state index contributed by atoms with van der Waals surface area (Å²) in [7, 11) is -1.93. The van der Waals surface area contributed by atoms with E-state index >= 15 is 0 Å². The Morgan fingerprint density at radius 3 is 2.54 bits per heavy atom. The van der Waals surface area contributed by atoms with Crippen LogP contribution in [0.25, 0.3) is 0 Å². The first-order chi connectivity index (χ1) is 11.0. The maximum absolute atomic E-state index is 11.4. The number of rotatable bonds is 3. The van der Waals surface area contributed by atoms with E-state index in [0.717, 1.165) is 25.7 Å². The van der Waals surface area contributed by atoms with Gasteiger partial charge in [0, 0.05) is 5.41 Å². The second kappa shape index (κ2) is 5.54. The van der Waals surface area contributed by atoms with Crippen LogP contribution in [-0.2, 0) is 4.43 Å². The fourth-order valence-electron chi connectivity index (χ4n) is 5.05. The summed E-state index contributed by atoms with van der Waals surface area (Å²) < 4.78 is 6.85. The predicted octanol–water partition coefficient (Wildman–Crippen LogP) is 4.18. The molecule has 0 amide bonds. The third kappa shape index (κ3) is 2.41. The van der Waals surface area contributed by atoms with E-state index < -0.39 is 13.9 Å². The molecule has 1 spiro atoms. The molecule has 0 aromatic carbocycles. The van der Waals surface area contributed by atoms with Crippen LogP contribution in [0.15, 0.2) is 24.3 Å². The van der Waals surface area contributed by atoms with Gasteiger partial charge >= 0.3 is 0 Å². The predicted molar refractivity (Wildman–Crippen MR) is 100 cm³/mol. The Hall–Kier alpha value is -0.423. The molecular formula is C20H34O3Si. The number of hydrogen-bond donors (Lipinski definition) is 2. The summed E-state index contributed by atoms with van der Waals surface area (Å²) in [5.74, 6) is 0.398. The van der Waals surface area contributed by atoms with E-state index in [-0.39, 0.29) is 22.7 Å². The maximum Gasteiger partial charge on any atom is 0.192 e. The lowest BCUT2D eigenvalue weighted by Gasteiger charge is -2.47. The Balaban J connectivity index is 2.02. The number of aliphatic hydroxyl groups is 2. The van der Waals surface area contributed by atoms with Crippen LogP contribution in [0.2, 0.25) is 18.1 Å². The van der Waals surface area contributed by atoms with Crippen molar-refractivity contribution in [2.24, 2.45) is 11.3 Å². The molecule has 24 heavy (non-hydrogen) atoms. The van der Waals surface area contributed by atoms with Crippen molar-refractivity contribution in [3.8, 4) is 0 Å². The molecule has 2 fully saturated rings. The fourth-order valence-corrected chi connectivity index (χ4v) is 6.44. The zero-order valence-electron chi connectivity index (χ0n) is 15.9. The molecule has 3 aliphatic rings. The van der Waals surface area contributed by atoms with Crippen LogP contribution in [0.3, 0.4) is 0 Å². The molecule has 0 aromatic heterocycles. The largest absolute Gasteiger partial charge is 0.413 e. The van der Waals surface area contributed by atoms with Crippen molar-refractivity contribution >= 4 is 8.32 Å². The topological polar surface area (TPSA) is 49.7 Å². The van der Waals surface area contributed by atoms with Gasteiger partial charge in [0.25, 0.3) is 0 Å². The number of hydrogen-bond acceptors (Lipinski definition) is 3. The van der Waals surface area contributed by atoms with E-state index in [1.165, 1.54) is 5.57 Å². The molecule has 3 nitrogen and oxygen atoms in total.